The number of nitriles is 1. The van der Waals surface area contributed by atoms with Crippen LogP contribution in [0.4, 0.5) is 11.5 Å². The number of hydrogen-bond acceptors (Lipinski definition) is 5. The van der Waals surface area contributed by atoms with Gasteiger partial charge in [0.1, 0.15) is 11.6 Å². The summed E-state index contributed by atoms with van der Waals surface area (Å²) in [4.78, 5) is 4.55. The van der Waals surface area contributed by atoms with E-state index in [-0.39, 0.29) is 0 Å². The van der Waals surface area contributed by atoms with Crippen molar-refractivity contribution < 1.29 is 0 Å². The largest absolute Gasteiger partial charge is 0.368 e. The summed E-state index contributed by atoms with van der Waals surface area (Å²) >= 11 is 0. The zero-order valence-corrected chi connectivity index (χ0v) is 13.9. The first-order chi connectivity index (χ1) is 11.1. The number of aryl methyl sites for hydroxylation is 2. The zero-order chi connectivity index (χ0) is 16.4. The monoisotopic (exact) mass is 307 g/mol. The molecule has 0 bridgehead atoms. The van der Waals surface area contributed by atoms with Crippen LogP contribution in [0.3, 0.4) is 0 Å². The Morgan fingerprint density at radius 2 is 1.70 bits per heavy atom. The van der Waals surface area contributed by atoms with Crippen molar-refractivity contribution in [3.05, 3.63) is 46.6 Å². The number of rotatable bonds is 2. The SMILES string of the molecule is Cc1cccc(N2CCN(c3nnc(C)c(C)c3C#N)CC2)c1. The van der Waals surface area contributed by atoms with Gasteiger partial charge in [-0.25, -0.2) is 0 Å². The number of piperazine rings is 1. The maximum atomic E-state index is 9.46. The molecule has 0 atom stereocenters. The summed E-state index contributed by atoms with van der Waals surface area (Å²) in [5.74, 6) is 0.722. The first-order valence-corrected chi connectivity index (χ1v) is 7.90. The molecule has 0 unspecified atom stereocenters. The summed E-state index contributed by atoms with van der Waals surface area (Å²) in [6.45, 7) is 9.48. The van der Waals surface area contributed by atoms with Crippen LogP contribution in [0.5, 0.6) is 0 Å². The van der Waals surface area contributed by atoms with Gasteiger partial charge in [-0.15, -0.1) is 5.10 Å². The van der Waals surface area contributed by atoms with E-state index in [9.17, 15) is 5.26 Å². The highest BCUT2D eigenvalue weighted by Gasteiger charge is 2.22. The fourth-order valence-electron chi connectivity index (χ4n) is 2.95. The molecule has 0 radical (unpaired) electrons. The van der Waals surface area contributed by atoms with Gasteiger partial charge in [-0.3, -0.25) is 0 Å². The molecule has 5 nitrogen and oxygen atoms in total. The molecular weight excluding hydrogens is 286 g/mol. The maximum absolute atomic E-state index is 9.46. The third-order valence-electron chi connectivity index (χ3n) is 4.49. The van der Waals surface area contributed by atoms with E-state index in [1.54, 1.807) is 0 Å². The number of benzene rings is 1. The van der Waals surface area contributed by atoms with Gasteiger partial charge >= 0.3 is 0 Å². The van der Waals surface area contributed by atoms with E-state index in [1.807, 2.05) is 13.8 Å². The fourth-order valence-corrected chi connectivity index (χ4v) is 2.95. The molecule has 2 aromatic rings. The molecule has 5 heteroatoms. The summed E-state index contributed by atoms with van der Waals surface area (Å²) in [6, 6.07) is 10.9. The van der Waals surface area contributed by atoms with E-state index in [0.717, 1.165) is 43.3 Å². The minimum absolute atomic E-state index is 0.654. The molecule has 1 aromatic heterocycles. The van der Waals surface area contributed by atoms with Crippen molar-refractivity contribution in [3.63, 3.8) is 0 Å². The lowest BCUT2D eigenvalue weighted by atomic mass is 10.1. The van der Waals surface area contributed by atoms with E-state index in [2.05, 4.69) is 57.3 Å². The van der Waals surface area contributed by atoms with Crippen molar-refractivity contribution in [2.75, 3.05) is 36.0 Å². The van der Waals surface area contributed by atoms with Gasteiger partial charge in [0.25, 0.3) is 0 Å². The summed E-state index contributed by atoms with van der Waals surface area (Å²) < 4.78 is 0. The lowest BCUT2D eigenvalue weighted by Crippen LogP contribution is -2.47. The van der Waals surface area contributed by atoms with Crippen LogP contribution < -0.4 is 9.80 Å². The van der Waals surface area contributed by atoms with Crippen molar-refractivity contribution in [2.45, 2.75) is 20.8 Å². The van der Waals surface area contributed by atoms with Gasteiger partial charge < -0.3 is 9.80 Å². The first-order valence-electron chi connectivity index (χ1n) is 7.90. The third kappa shape index (κ3) is 2.98. The number of nitrogens with zero attached hydrogens (tertiary/aromatic N) is 5. The minimum atomic E-state index is 0.654. The summed E-state index contributed by atoms with van der Waals surface area (Å²) in [5, 5.41) is 17.9. The highest BCUT2D eigenvalue weighted by molar-refractivity contribution is 5.59. The van der Waals surface area contributed by atoms with Crippen molar-refractivity contribution in [3.8, 4) is 6.07 Å². The van der Waals surface area contributed by atoms with E-state index in [1.165, 1.54) is 11.3 Å². The Morgan fingerprint density at radius 1 is 1.00 bits per heavy atom. The minimum Gasteiger partial charge on any atom is -0.368 e. The topological polar surface area (TPSA) is 56.1 Å². The summed E-state index contributed by atoms with van der Waals surface area (Å²) in [6.07, 6.45) is 0. The number of hydrogen-bond donors (Lipinski definition) is 0. The molecule has 1 saturated heterocycles. The Morgan fingerprint density at radius 3 is 2.35 bits per heavy atom. The Kier molecular flexibility index (Phi) is 4.16. The zero-order valence-electron chi connectivity index (χ0n) is 13.9. The molecule has 1 aliphatic rings. The highest BCUT2D eigenvalue weighted by Crippen LogP contribution is 2.24. The molecule has 0 saturated carbocycles. The summed E-state index contributed by atoms with van der Waals surface area (Å²) in [5.41, 5.74) is 4.94. The molecule has 3 rings (SSSR count). The van der Waals surface area contributed by atoms with Crippen LogP contribution in [0.15, 0.2) is 24.3 Å². The Balaban J connectivity index is 1.77. The van der Waals surface area contributed by atoms with Crippen molar-refractivity contribution in [1.29, 1.82) is 5.26 Å². The van der Waals surface area contributed by atoms with Crippen LogP contribution in [0.2, 0.25) is 0 Å². The quantitative estimate of drug-likeness (QED) is 0.853. The van der Waals surface area contributed by atoms with Crippen LogP contribution in [-0.4, -0.2) is 36.4 Å². The van der Waals surface area contributed by atoms with Crippen LogP contribution >= 0.6 is 0 Å². The fraction of sp³-hybridized carbons (Fsp3) is 0.389. The average Bonchev–Trinajstić information content (AvgIpc) is 2.57. The standard InChI is InChI=1S/C18H21N5/c1-13-5-4-6-16(11-13)22-7-9-23(10-8-22)18-17(12-19)14(2)15(3)20-21-18/h4-6,11H,7-10H2,1-3H3. The molecule has 2 heterocycles. The molecule has 0 spiro atoms. The molecule has 1 aliphatic heterocycles. The number of aromatic nitrogens is 2. The lowest BCUT2D eigenvalue weighted by Gasteiger charge is -2.37. The molecule has 0 aliphatic carbocycles. The van der Waals surface area contributed by atoms with Gasteiger partial charge in [-0.1, -0.05) is 12.1 Å². The van der Waals surface area contributed by atoms with Crippen LogP contribution in [0.1, 0.15) is 22.4 Å². The average molecular weight is 307 g/mol. The second-order valence-corrected chi connectivity index (χ2v) is 6.03. The van der Waals surface area contributed by atoms with Gasteiger partial charge in [-0.2, -0.15) is 10.4 Å². The van der Waals surface area contributed by atoms with Gasteiger partial charge in [0.05, 0.1) is 5.69 Å². The molecule has 23 heavy (non-hydrogen) atoms. The van der Waals surface area contributed by atoms with Crippen LogP contribution in [0, 0.1) is 32.1 Å². The van der Waals surface area contributed by atoms with Gasteiger partial charge in [0, 0.05) is 31.9 Å². The molecule has 118 valence electrons. The molecule has 0 N–H and O–H groups in total. The molecule has 1 fully saturated rings. The highest BCUT2D eigenvalue weighted by atomic mass is 15.3. The second kappa shape index (κ2) is 6.25. The maximum Gasteiger partial charge on any atom is 0.169 e. The van der Waals surface area contributed by atoms with Crippen LogP contribution in [0.25, 0.3) is 0 Å². The second-order valence-electron chi connectivity index (χ2n) is 6.03. The molecular formula is C18H21N5. The van der Waals surface area contributed by atoms with E-state index in [4.69, 9.17) is 0 Å². The Hall–Kier alpha value is -2.61. The predicted octanol–water partition coefficient (Wildman–Crippen LogP) is 2.60. The van der Waals surface area contributed by atoms with E-state index >= 15 is 0 Å². The summed E-state index contributed by atoms with van der Waals surface area (Å²) in [7, 11) is 0. The lowest BCUT2D eigenvalue weighted by molar-refractivity contribution is 0.641. The van der Waals surface area contributed by atoms with Crippen molar-refractivity contribution >= 4 is 11.5 Å². The van der Waals surface area contributed by atoms with Gasteiger partial charge in [-0.05, 0) is 44.0 Å². The third-order valence-corrected chi connectivity index (χ3v) is 4.49. The molecule has 1 aromatic carbocycles. The molecule has 0 amide bonds. The van der Waals surface area contributed by atoms with E-state index in [0.29, 0.717) is 5.56 Å². The Bertz CT molecular complexity index is 754. The smallest absolute Gasteiger partial charge is 0.169 e. The van der Waals surface area contributed by atoms with E-state index < -0.39 is 0 Å². The first kappa shape index (κ1) is 15.3. The van der Waals surface area contributed by atoms with Crippen molar-refractivity contribution in [1.82, 2.24) is 10.2 Å². The normalized spacial score (nSPS) is 14.7. The predicted molar refractivity (Wildman–Crippen MR) is 91.8 cm³/mol. The van der Waals surface area contributed by atoms with Gasteiger partial charge in [0.2, 0.25) is 0 Å². The number of anilines is 2. The van der Waals surface area contributed by atoms with Gasteiger partial charge in [0.15, 0.2) is 5.82 Å². The Labute approximate surface area is 137 Å². The van der Waals surface area contributed by atoms with Crippen LogP contribution in [-0.2, 0) is 0 Å². The van der Waals surface area contributed by atoms with Crippen molar-refractivity contribution in [2.24, 2.45) is 0 Å².